The Bertz CT molecular complexity index is 332. The van der Waals surface area contributed by atoms with Gasteiger partial charge in [0.15, 0.2) is 0 Å². The maximum Gasteiger partial charge on any atom is 0.222 e. The number of amides is 1. The van der Waals surface area contributed by atoms with Gasteiger partial charge in [-0.3, -0.25) is 4.79 Å². The van der Waals surface area contributed by atoms with E-state index in [2.05, 4.69) is 24.3 Å². The van der Waals surface area contributed by atoms with Crippen molar-refractivity contribution < 1.29 is 14.6 Å². The fourth-order valence-electron chi connectivity index (χ4n) is 3.37. The second kappa shape index (κ2) is 6.41. The largest absolute Gasteiger partial charge is 0.389 e. The summed E-state index contributed by atoms with van der Waals surface area (Å²) in [6, 6.07) is 0. The summed E-state index contributed by atoms with van der Waals surface area (Å²) < 4.78 is 5.43. The van der Waals surface area contributed by atoms with Crippen LogP contribution >= 0.6 is 0 Å². The van der Waals surface area contributed by atoms with Crippen LogP contribution in [0.5, 0.6) is 0 Å². The Balaban J connectivity index is 1.84. The average molecular weight is 284 g/mol. The van der Waals surface area contributed by atoms with Gasteiger partial charge >= 0.3 is 0 Å². The Morgan fingerprint density at radius 1 is 1.20 bits per heavy atom. The number of aliphatic hydroxyl groups is 1. The number of nitrogens with one attached hydrogen (secondary N) is 1. The van der Waals surface area contributed by atoms with E-state index in [1.807, 2.05) is 0 Å². The van der Waals surface area contributed by atoms with E-state index < -0.39 is 5.60 Å². The summed E-state index contributed by atoms with van der Waals surface area (Å²) in [6.45, 7) is 2.13. The third kappa shape index (κ3) is 3.71. The third-order valence-electron chi connectivity index (χ3n) is 5.01. The van der Waals surface area contributed by atoms with Gasteiger partial charge in [0.1, 0.15) is 0 Å². The molecule has 0 bridgehead atoms. The van der Waals surface area contributed by atoms with E-state index in [-0.39, 0.29) is 17.9 Å². The molecule has 0 aromatic carbocycles. The number of hydrogen-bond acceptors (Lipinski definition) is 4. The molecule has 1 saturated heterocycles. The van der Waals surface area contributed by atoms with E-state index >= 15 is 0 Å². The van der Waals surface area contributed by atoms with E-state index in [0.717, 1.165) is 51.7 Å². The van der Waals surface area contributed by atoms with Gasteiger partial charge in [0.25, 0.3) is 0 Å². The van der Waals surface area contributed by atoms with Gasteiger partial charge in [0, 0.05) is 25.3 Å². The Hall–Kier alpha value is -0.650. The van der Waals surface area contributed by atoms with Crippen molar-refractivity contribution in [3.63, 3.8) is 0 Å². The van der Waals surface area contributed by atoms with Crippen LogP contribution in [0, 0.1) is 0 Å². The van der Waals surface area contributed by atoms with Gasteiger partial charge in [-0.1, -0.05) is 12.8 Å². The van der Waals surface area contributed by atoms with Gasteiger partial charge in [0.2, 0.25) is 5.91 Å². The molecular weight excluding hydrogens is 256 g/mol. The maximum atomic E-state index is 12.1. The van der Waals surface area contributed by atoms with Crippen LogP contribution in [0.3, 0.4) is 0 Å². The molecule has 1 heterocycles. The molecular formula is C15H28N2O3. The molecule has 1 saturated carbocycles. The van der Waals surface area contributed by atoms with Crippen LogP contribution in [-0.2, 0) is 9.53 Å². The molecule has 0 aromatic rings. The van der Waals surface area contributed by atoms with Gasteiger partial charge in [-0.15, -0.1) is 0 Å². The van der Waals surface area contributed by atoms with Crippen molar-refractivity contribution in [1.82, 2.24) is 10.2 Å². The van der Waals surface area contributed by atoms with Crippen molar-refractivity contribution in [1.29, 1.82) is 0 Å². The first-order chi connectivity index (χ1) is 9.46. The number of hydrogen-bond donors (Lipinski definition) is 2. The molecule has 0 aromatic heterocycles. The molecule has 116 valence electrons. The molecule has 2 rings (SSSR count). The zero-order valence-electron chi connectivity index (χ0n) is 12.8. The van der Waals surface area contributed by atoms with Crippen LogP contribution in [0.4, 0.5) is 0 Å². The normalized spacial score (nSPS) is 24.8. The minimum absolute atomic E-state index is 0.00773. The molecule has 20 heavy (non-hydrogen) atoms. The molecule has 0 radical (unpaired) electrons. The van der Waals surface area contributed by atoms with E-state index in [0.29, 0.717) is 6.54 Å². The molecule has 1 aliphatic heterocycles. The van der Waals surface area contributed by atoms with Crippen molar-refractivity contribution in [3.05, 3.63) is 0 Å². The van der Waals surface area contributed by atoms with Gasteiger partial charge in [-0.2, -0.15) is 0 Å². The van der Waals surface area contributed by atoms with Crippen LogP contribution in [0.1, 0.15) is 44.9 Å². The van der Waals surface area contributed by atoms with Crippen LogP contribution in [0.25, 0.3) is 0 Å². The zero-order valence-corrected chi connectivity index (χ0v) is 12.8. The topological polar surface area (TPSA) is 61.8 Å². The average Bonchev–Trinajstić information content (AvgIpc) is 2.84. The molecule has 0 spiro atoms. The molecule has 0 atom stereocenters. The summed E-state index contributed by atoms with van der Waals surface area (Å²) in [7, 11) is 4.12. The summed E-state index contributed by atoms with van der Waals surface area (Å²) in [5, 5.41) is 13.3. The molecule has 0 unspecified atom stereocenters. The van der Waals surface area contributed by atoms with Crippen LogP contribution in [0.2, 0.25) is 0 Å². The summed E-state index contributed by atoms with van der Waals surface area (Å²) >= 11 is 0. The van der Waals surface area contributed by atoms with Gasteiger partial charge in [-0.05, 0) is 39.8 Å². The SMILES string of the molecule is CN(C)C1(CNC(=O)CC2(O)CCCC2)CCOCC1. The Morgan fingerprint density at radius 2 is 1.80 bits per heavy atom. The number of nitrogens with zero attached hydrogens (tertiary/aromatic N) is 1. The van der Waals surface area contributed by atoms with E-state index in [1.54, 1.807) is 0 Å². The van der Waals surface area contributed by atoms with Crippen molar-refractivity contribution in [3.8, 4) is 0 Å². The highest BCUT2D eigenvalue weighted by molar-refractivity contribution is 5.77. The minimum Gasteiger partial charge on any atom is -0.389 e. The zero-order chi connectivity index (χ0) is 14.6. The lowest BCUT2D eigenvalue weighted by molar-refractivity contribution is -0.127. The fraction of sp³-hybridized carbons (Fsp3) is 0.933. The van der Waals surface area contributed by atoms with Crippen molar-refractivity contribution in [2.75, 3.05) is 33.9 Å². The summed E-state index contributed by atoms with van der Waals surface area (Å²) in [6.07, 6.45) is 5.69. The molecule has 1 aliphatic carbocycles. The molecule has 2 fully saturated rings. The van der Waals surface area contributed by atoms with Gasteiger partial charge in [-0.25, -0.2) is 0 Å². The Morgan fingerprint density at radius 3 is 2.35 bits per heavy atom. The molecule has 2 N–H and O–H groups in total. The van der Waals surface area contributed by atoms with Crippen molar-refractivity contribution in [2.24, 2.45) is 0 Å². The molecule has 5 heteroatoms. The quantitative estimate of drug-likeness (QED) is 0.788. The Kier molecular flexibility index (Phi) is 5.04. The van der Waals surface area contributed by atoms with Crippen molar-refractivity contribution >= 4 is 5.91 Å². The lowest BCUT2D eigenvalue weighted by Gasteiger charge is -2.43. The maximum absolute atomic E-state index is 12.1. The highest BCUT2D eigenvalue weighted by Gasteiger charge is 2.37. The predicted octanol–water partition coefficient (Wildman–Crippen LogP) is 0.909. The summed E-state index contributed by atoms with van der Waals surface area (Å²) in [5.74, 6) is -0.0258. The highest BCUT2D eigenvalue weighted by atomic mass is 16.5. The number of ether oxygens (including phenoxy) is 1. The van der Waals surface area contributed by atoms with Crippen LogP contribution in [-0.4, -0.2) is 60.9 Å². The first kappa shape index (κ1) is 15.7. The van der Waals surface area contributed by atoms with Gasteiger partial charge in [0.05, 0.1) is 12.0 Å². The second-order valence-electron chi connectivity index (χ2n) is 6.62. The standard InChI is InChI=1S/C15H28N2O3/c1-17(2)14(7-9-20-10-8-14)12-16-13(18)11-15(19)5-3-4-6-15/h19H,3-12H2,1-2H3,(H,16,18). The number of likely N-dealkylation sites (N-methyl/N-ethyl adjacent to an activating group) is 1. The van der Waals surface area contributed by atoms with Gasteiger partial charge < -0.3 is 20.1 Å². The summed E-state index contributed by atoms with van der Waals surface area (Å²) in [4.78, 5) is 14.3. The van der Waals surface area contributed by atoms with E-state index in [4.69, 9.17) is 4.74 Å². The van der Waals surface area contributed by atoms with Crippen molar-refractivity contribution in [2.45, 2.75) is 56.1 Å². The first-order valence-electron chi connectivity index (χ1n) is 7.70. The summed E-state index contributed by atoms with van der Waals surface area (Å²) in [5.41, 5.74) is -0.767. The monoisotopic (exact) mass is 284 g/mol. The molecule has 5 nitrogen and oxygen atoms in total. The lowest BCUT2D eigenvalue weighted by Crippen LogP contribution is -2.56. The first-order valence-corrected chi connectivity index (χ1v) is 7.70. The number of carbonyl (C=O) groups excluding carboxylic acids is 1. The Labute approximate surface area is 121 Å². The number of carbonyl (C=O) groups is 1. The smallest absolute Gasteiger partial charge is 0.222 e. The molecule has 1 amide bonds. The van der Waals surface area contributed by atoms with Crippen LogP contribution < -0.4 is 5.32 Å². The van der Waals surface area contributed by atoms with Crippen LogP contribution in [0.15, 0.2) is 0 Å². The second-order valence-corrected chi connectivity index (χ2v) is 6.62. The number of rotatable bonds is 5. The highest BCUT2D eigenvalue weighted by Crippen LogP contribution is 2.32. The lowest BCUT2D eigenvalue weighted by atomic mass is 9.88. The van der Waals surface area contributed by atoms with E-state index in [9.17, 15) is 9.90 Å². The minimum atomic E-state index is -0.759. The molecule has 2 aliphatic rings. The third-order valence-corrected chi connectivity index (χ3v) is 5.01. The fourth-order valence-corrected chi connectivity index (χ4v) is 3.37. The predicted molar refractivity (Wildman–Crippen MR) is 77.5 cm³/mol. The van der Waals surface area contributed by atoms with E-state index in [1.165, 1.54) is 0 Å².